The molecule has 0 bridgehead atoms. The first-order chi connectivity index (χ1) is 7.74. The number of terminal acetylenes is 1. The molecule has 0 aromatic heterocycles. The molecule has 1 nitrogen and oxygen atoms in total. The first kappa shape index (κ1) is 12.8. The van der Waals surface area contributed by atoms with Gasteiger partial charge in [-0.25, -0.2) is 4.39 Å². The summed E-state index contributed by atoms with van der Waals surface area (Å²) in [5.74, 6) is 2.64. The summed E-state index contributed by atoms with van der Waals surface area (Å²) in [7, 11) is 0. The van der Waals surface area contributed by atoms with Gasteiger partial charge in [-0.1, -0.05) is 12.1 Å². The van der Waals surface area contributed by atoms with Gasteiger partial charge in [0, 0.05) is 17.7 Å². The third kappa shape index (κ3) is 4.50. The molecular formula is C13H13FOS. The van der Waals surface area contributed by atoms with Gasteiger partial charge in [-0.2, -0.15) is 0 Å². The Kier molecular flexibility index (Phi) is 5.66. The lowest BCUT2D eigenvalue weighted by molar-refractivity contribution is -0.116. The van der Waals surface area contributed by atoms with Crippen LogP contribution in [0.25, 0.3) is 0 Å². The largest absolute Gasteiger partial charge is 0.299 e. The number of ketones is 1. The summed E-state index contributed by atoms with van der Waals surface area (Å²) in [4.78, 5) is 11.9. The predicted octanol–water partition coefficient (Wildman–Crippen LogP) is 3.29. The minimum Gasteiger partial charge on any atom is -0.299 e. The number of carbonyl (C=O) groups excluding carboxylic acids is 1. The van der Waals surface area contributed by atoms with E-state index in [1.54, 1.807) is 18.2 Å². The van der Waals surface area contributed by atoms with Gasteiger partial charge in [-0.15, -0.1) is 24.1 Å². The molecule has 0 unspecified atom stereocenters. The van der Waals surface area contributed by atoms with Crippen molar-refractivity contribution in [2.45, 2.75) is 24.2 Å². The summed E-state index contributed by atoms with van der Waals surface area (Å²) >= 11 is 1.24. The van der Waals surface area contributed by atoms with Crippen LogP contribution in [0.5, 0.6) is 0 Å². The van der Waals surface area contributed by atoms with Crippen LogP contribution in [-0.4, -0.2) is 11.5 Å². The first-order valence-electron chi connectivity index (χ1n) is 5.06. The Morgan fingerprint density at radius 1 is 1.44 bits per heavy atom. The van der Waals surface area contributed by atoms with Crippen molar-refractivity contribution in [2.24, 2.45) is 0 Å². The van der Waals surface area contributed by atoms with Gasteiger partial charge in [0.25, 0.3) is 0 Å². The van der Waals surface area contributed by atoms with Gasteiger partial charge in [0.15, 0.2) is 0 Å². The van der Waals surface area contributed by atoms with Gasteiger partial charge in [-0.3, -0.25) is 4.79 Å². The summed E-state index contributed by atoms with van der Waals surface area (Å²) in [6.45, 7) is 0. The monoisotopic (exact) mass is 236 g/mol. The van der Waals surface area contributed by atoms with Crippen molar-refractivity contribution in [1.29, 1.82) is 0 Å². The summed E-state index contributed by atoms with van der Waals surface area (Å²) in [5, 5.41) is 0. The van der Waals surface area contributed by atoms with Crippen molar-refractivity contribution in [2.75, 3.05) is 5.75 Å². The van der Waals surface area contributed by atoms with E-state index in [4.69, 9.17) is 6.42 Å². The van der Waals surface area contributed by atoms with E-state index >= 15 is 0 Å². The van der Waals surface area contributed by atoms with Gasteiger partial charge in [0.2, 0.25) is 0 Å². The molecule has 0 atom stereocenters. The zero-order valence-corrected chi connectivity index (χ0v) is 9.73. The molecule has 0 aliphatic heterocycles. The van der Waals surface area contributed by atoms with Crippen molar-refractivity contribution < 1.29 is 9.18 Å². The minimum absolute atomic E-state index is 0.114. The standard InChI is InChI=1S/C13H13FOS/c1-2-3-4-7-11(15)10-16-13-9-6-5-8-12(13)14/h1,5-6,8-9H,3-4,7,10H2. The Hall–Kier alpha value is -1.27. The predicted molar refractivity (Wildman–Crippen MR) is 64.8 cm³/mol. The van der Waals surface area contributed by atoms with Crippen molar-refractivity contribution in [1.82, 2.24) is 0 Å². The first-order valence-corrected chi connectivity index (χ1v) is 6.05. The lowest BCUT2D eigenvalue weighted by atomic mass is 10.2. The molecule has 0 aliphatic rings. The third-order valence-electron chi connectivity index (χ3n) is 2.00. The van der Waals surface area contributed by atoms with E-state index in [1.165, 1.54) is 17.8 Å². The van der Waals surface area contributed by atoms with E-state index in [1.807, 2.05) is 0 Å². The lowest BCUT2D eigenvalue weighted by Crippen LogP contribution is -2.01. The number of Topliss-reactive ketones (excluding diaryl/α,β-unsaturated/α-hetero) is 1. The molecule has 0 fully saturated rings. The van der Waals surface area contributed by atoms with E-state index in [2.05, 4.69) is 5.92 Å². The summed E-state index contributed by atoms with van der Waals surface area (Å²) < 4.78 is 13.2. The third-order valence-corrected chi connectivity index (χ3v) is 3.11. The van der Waals surface area contributed by atoms with Crippen LogP contribution in [0.3, 0.4) is 0 Å². The summed E-state index contributed by atoms with van der Waals surface area (Å²) in [6, 6.07) is 6.46. The van der Waals surface area contributed by atoms with E-state index in [-0.39, 0.29) is 11.6 Å². The molecule has 0 radical (unpaired) electrons. The second-order valence-electron chi connectivity index (χ2n) is 3.32. The van der Waals surface area contributed by atoms with Crippen LogP contribution in [0.2, 0.25) is 0 Å². The maximum absolute atomic E-state index is 13.2. The highest BCUT2D eigenvalue weighted by Gasteiger charge is 2.05. The molecule has 0 heterocycles. The quantitative estimate of drug-likeness (QED) is 0.428. The van der Waals surface area contributed by atoms with Gasteiger partial charge in [-0.05, 0) is 18.6 Å². The number of benzene rings is 1. The number of carbonyl (C=O) groups is 1. The Bertz CT molecular complexity index is 395. The molecule has 0 saturated heterocycles. The maximum atomic E-state index is 13.2. The van der Waals surface area contributed by atoms with E-state index < -0.39 is 0 Å². The number of thioether (sulfide) groups is 1. The Labute approximate surface area is 99.4 Å². The molecule has 0 amide bonds. The number of unbranched alkanes of at least 4 members (excludes halogenated alkanes) is 1. The van der Waals surface area contributed by atoms with Crippen molar-refractivity contribution >= 4 is 17.5 Å². The van der Waals surface area contributed by atoms with E-state index in [0.717, 1.165) is 0 Å². The van der Waals surface area contributed by atoms with Crippen molar-refractivity contribution in [3.8, 4) is 12.3 Å². The fraction of sp³-hybridized carbons (Fsp3) is 0.308. The summed E-state index contributed by atoms with van der Waals surface area (Å²) in [6.07, 6.45) is 6.90. The number of hydrogen-bond acceptors (Lipinski definition) is 2. The lowest BCUT2D eigenvalue weighted by Gasteiger charge is -2.01. The molecule has 1 aromatic carbocycles. The molecular weight excluding hydrogens is 223 g/mol. The van der Waals surface area contributed by atoms with Crippen LogP contribution in [0, 0.1) is 18.2 Å². The molecule has 84 valence electrons. The van der Waals surface area contributed by atoms with Crippen LogP contribution in [-0.2, 0) is 4.79 Å². The van der Waals surface area contributed by atoms with Crippen molar-refractivity contribution in [3.05, 3.63) is 30.1 Å². The molecule has 0 saturated carbocycles. The van der Waals surface area contributed by atoms with Gasteiger partial charge < -0.3 is 0 Å². The zero-order valence-electron chi connectivity index (χ0n) is 8.91. The molecule has 3 heteroatoms. The average molecular weight is 236 g/mol. The maximum Gasteiger partial charge on any atom is 0.143 e. The highest BCUT2D eigenvalue weighted by molar-refractivity contribution is 8.00. The molecule has 16 heavy (non-hydrogen) atoms. The van der Waals surface area contributed by atoms with E-state index in [0.29, 0.717) is 29.9 Å². The minimum atomic E-state index is -0.274. The second kappa shape index (κ2) is 7.08. The number of halogens is 1. The Balaban J connectivity index is 2.32. The zero-order chi connectivity index (χ0) is 11.8. The molecule has 0 N–H and O–H groups in total. The van der Waals surface area contributed by atoms with Crippen LogP contribution < -0.4 is 0 Å². The van der Waals surface area contributed by atoms with Gasteiger partial charge in [0.05, 0.1) is 5.75 Å². The van der Waals surface area contributed by atoms with Crippen LogP contribution >= 0.6 is 11.8 Å². The SMILES string of the molecule is C#CCCCC(=O)CSc1ccccc1F. The fourth-order valence-corrected chi connectivity index (χ4v) is 2.02. The average Bonchev–Trinajstić information content (AvgIpc) is 2.28. The highest BCUT2D eigenvalue weighted by Crippen LogP contribution is 2.21. The normalized spacial score (nSPS) is 9.75. The Morgan fingerprint density at radius 3 is 2.88 bits per heavy atom. The topological polar surface area (TPSA) is 17.1 Å². The van der Waals surface area contributed by atoms with Crippen LogP contribution in [0.1, 0.15) is 19.3 Å². The molecule has 1 rings (SSSR count). The molecule has 0 spiro atoms. The van der Waals surface area contributed by atoms with Crippen LogP contribution in [0.15, 0.2) is 29.2 Å². The molecule has 1 aromatic rings. The Morgan fingerprint density at radius 2 is 2.19 bits per heavy atom. The van der Waals surface area contributed by atoms with Gasteiger partial charge >= 0.3 is 0 Å². The van der Waals surface area contributed by atoms with Crippen LogP contribution in [0.4, 0.5) is 4.39 Å². The number of rotatable bonds is 6. The van der Waals surface area contributed by atoms with Crippen molar-refractivity contribution in [3.63, 3.8) is 0 Å². The fourth-order valence-electron chi connectivity index (χ4n) is 1.18. The summed E-state index contributed by atoms with van der Waals surface area (Å²) in [5.41, 5.74) is 0. The smallest absolute Gasteiger partial charge is 0.143 e. The second-order valence-corrected chi connectivity index (χ2v) is 4.33. The van der Waals surface area contributed by atoms with E-state index in [9.17, 15) is 9.18 Å². The number of hydrogen-bond donors (Lipinski definition) is 0. The molecule has 0 aliphatic carbocycles. The highest BCUT2D eigenvalue weighted by atomic mass is 32.2. The van der Waals surface area contributed by atoms with Gasteiger partial charge in [0.1, 0.15) is 11.6 Å².